The van der Waals surface area contributed by atoms with E-state index >= 15 is 13.2 Å². The third kappa shape index (κ3) is 20.6. The second-order valence-electron chi connectivity index (χ2n) is 25.7. The molecule has 10 atom stereocenters. The fourth-order valence-corrected chi connectivity index (χ4v) is 13.5. The van der Waals surface area contributed by atoms with E-state index in [9.17, 15) is 48.3 Å². The zero-order valence-electron chi connectivity index (χ0n) is 54.4. The molecule has 510 valence electrons. The van der Waals surface area contributed by atoms with Gasteiger partial charge in [-0.05, 0) is 121 Å². The van der Waals surface area contributed by atoms with Crippen LogP contribution in [-0.4, -0.2) is 155 Å². The third-order valence-corrected chi connectivity index (χ3v) is 19.6. The van der Waals surface area contributed by atoms with E-state index in [1.807, 2.05) is 19.1 Å². The van der Waals surface area contributed by atoms with Crippen LogP contribution in [0.2, 0.25) is 5.02 Å². The Hall–Kier alpha value is -5.73. The molecule has 0 saturated carbocycles. The first kappa shape index (κ1) is 77.0. The summed E-state index contributed by atoms with van der Waals surface area (Å²) < 4.78 is 75.2. The summed E-state index contributed by atoms with van der Waals surface area (Å²) in [5, 5.41) is 18.3. The quantitative estimate of drug-likeness (QED) is 0.0224. The Bertz CT molecular complexity index is 3110. The van der Waals surface area contributed by atoms with Crippen molar-refractivity contribution in [3.8, 4) is 0 Å². The van der Waals surface area contributed by atoms with E-state index in [1.54, 1.807) is 66.7 Å². The number of rotatable bonds is 26. The van der Waals surface area contributed by atoms with Crippen LogP contribution in [0.5, 0.6) is 0 Å². The SMILES string of the molecule is CO[C@@H]1/C=C/C=C(\C)Cc2cc(C)c(Cl)c(c2)N(C)C(=O)C[C@H](OC(=O)[C@H](C)N(C)C(=O)c2ccc(CC(=O)[C@H](CCCNC(N)=O)NC(=O)[C@@H](CC(=O)CCCCC(C)(C)OC(=O)C(CBr)CBr)C(C)C)cc2C(F)(F)F)[C@]2(C)O[C@H]2[C@H](C)[C@@H]2C[C@@]1(O)CC(=O)O2. The number of nitrogens with zero attached hydrogens (tertiary/aromatic N) is 2. The van der Waals surface area contributed by atoms with Crippen LogP contribution in [0, 0.1) is 30.6 Å². The van der Waals surface area contributed by atoms with Crippen LogP contribution in [0.25, 0.3) is 0 Å². The van der Waals surface area contributed by atoms with Gasteiger partial charge in [0.25, 0.3) is 5.91 Å². The Balaban J connectivity index is 1.36. The number of epoxide rings is 1. The van der Waals surface area contributed by atoms with Crippen molar-refractivity contribution in [1.29, 1.82) is 0 Å². The number of ether oxygens (including phenoxy) is 5. The van der Waals surface area contributed by atoms with Crippen molar-refractivity contribution in [3.05, 3.63) is 87.0 Å². The number of aryl methyl sites for hydroxylation is 1. The first-order chi connectivity index (χ1) is 42.9. The normalized spacial score (nSPS) is 24.0. The standard InChI is InChI=1S/C66H89Br2ClF3N5O15/c1-36(2)46(30-44(78)18-13-14-23-63(7,8)92-61(85)43(34-67)35-68)58(82)75-48(19-16-24-74-62(73)86)50(79)29-41-21-22-45(47(27-41)66(70,71)72)59(83)76(10)40(6)60(84)90-53-31-54(80)77(11)49-28-42(26-38(4)56(49)69)25-37(3)17-15-20-52(88-12)65(87)32-51(89-55(81)33-65)39(5)57-64(53,9)91-57/h15,17,20-22,26-28,36,39-40,43,46,48,51-53,57,87H,13-14,16,18-19,23-25,29-35H2,1-12H3,(H,75,82)(H3,73,74,86)/b20-15+,37-17+/t39-,40+,46+,48+,51+,52-,53+,57+,64+,65-/m1/s1. The Morgan fingerprint density at radius 1 is 1.00 bits per heavy atom. The van der Waals surface area contributed by atoms with Gasteiger partial charge in [0.1, 0.15) is 46.9 Å². The van der Waals surface area contributed by atoms with Gasteiger partial charge in [-0.3, -0.25) is 33.6 Å². The highest BCUT2D eigenvalue weighted by molar-refractivity contribution is 9.09. The van der Waals surface area contributed by atoms with Gasteiger partial charge in [-0.25, -0.2) is 9.59 Å². The van der Waals surface area contributed by atoms with Crippen LogP contribution in [0.1, 0.15) is 152 Å². The van der Waals surface area contributed by atoms with Gasteiger partial charge in [0.15, 0.2) is 5.78 Å². The highest BCUT2D eigenvalue weighted by Crippen LogP contribution is 2.50. The van der Waals surface area contributed by atoms with Crippen LogP contribution in [0.3, 0.4) is 0 Å². The fraction of sp³-hybridized carbons (Fsp3) is 0.621. The lowest BCUT2D eigenvalue weighted by atomic mass is 9.78. The Morgan fingerprint density at radius 3 is 2.29 bits per heavy atom. The molecule has 2 aromatic carbocycles. The molecule has 0 radical (unpaired) electrons. The first-order valence-electron chi connectivity index (χ1n) is 30.8. The summed E-state index contributed by atoms with van der Waals surface area (Å²) in [5.41, 5.74) is 1.45. The molecule has 5 N–H and O–H groups in total. The van der Waals surface area contributed by atoms with Crippen LogP contribution in [-0.2, 0) is 76.3 Å². The number of allylic oxidation sites excluding steroid dienone is 3. The number of nitrogens with one attached hydrogen (secondary N) is 2. The molecule has 0 spiro atoms. The van der Waals surface area contributed by atoms with E-state index in [1.165, 1.54) is 26.0 Å². The zero-order valence-corrected chi connectivity index (χ0v) is 58.3. The van der Waals surface area contributed by atoms with Gasteiger partial charge in [-0.1, -0.05) is 100 Å². The minimum absolute atomic E-state index is 0.0104. The number of benzene rings is 2. The summed E-state index contributed by atoms with van der Waals surface area (Å²) in [6.45, 7) is 15.2. The number of halogens is 6. The number of hydrogen-bond donors (Lipinski definition) is 4. The van der Waals surface area contributed by atoms with E-state index in [0.717, 1.165) is 35.2 Å². The molecular formula is C66H89Br2ClF3N5O15. The number of anilines is 1. The minimum atomic E-state index is -5.19. The predicted octanol–water partition coefficient (Wildman–Crippen LogP) is 9.96. The van der Waals surface area contributed by atoms with Crippen molar-refractivity contribution in [3.63, 3.8) is 0 Å². The maximum atomic E-state index is 15.2. The van der Waals surface area contributed by atoms with Gasteiger partial charge in [0.2, 0.25) is 11.8 Å². The molecule has 0 unspecified atom stereocenters. The van der Waals surface area contributed by atoms with E-state index in [2.05, 4.69) is 42.5 Å². The highest BCUT2D eigenvalue weighted by Gasteiger charge is 2.64. The van der Waals surface area contributed by atoms with E-state index in [4.69, 9.17) is 41.0 Å². The summed E-state index contributed by atoms with van der Waals surface area (Å²) >= 11 is 13.5. The lowest BCUT2D eigenvalue weighted by molar-refractivity contribution is -0.187. The predicted molar refractivity (Wildman–Crippen MR) is 346 cm³/mol. The number of esters is 3. The monoisotopic (exact) mass is 1440 g/mol. The van der Waals surface area contributed by atoms with Crippen molar-refractivity contribution >= 4 is 102 Å². The molecule has 3 aliphatic heterocycles. The molecule has 3 aliphatic rings. The number of primary amides is 1. The number of fused-ring (bicyclic) bond motifs is 5. The summed E-state index contributed by atoms with van der Waals surface area (Å²) in [5.74, 6) is -7.96. The Morgan fingerprint density at radius 2 is 1.67 bits per heavy atom. The maximum absolute atomic E-state index is 15.2. The Labute approximate surface area is 558 Å². The van der Waals surface area contributed by atoms with Gasteiger partial charge in [0, 0.05) is 75.9 Å². The number of aliphatic hydroxyl groups is 1. The maximum Gasteiger partial charge on any atom is 0.417 e. The molecule has 4 bridgehead atoms. The number of Topliss-reactive ketones (excluding diaryl/α,β-unsaturated/α-hetero) is 2. The Kier molecular flexibility index (Phi) is 27.7. The molecule has 2 aromatic rings. The summed E-state index contributed by atoms with van der Waals surface area (Å²) in [4.78, 5) is 124. The number of carbonyl (C=O) groups excluding carboxylic acids is 9. The van der Waals surface area contributed by atoms with E-state index in [-0.39, 0.29) is 79.2 Å². The number of carbonyl (C=O) groups is 9. The number of alkyl halides is 5. The van der Waals surface area contributed by atoms with Crippen molar-refractivity contribution in [2.75, 3.05) is 43.3 Å². The van der Waals surface area contributed by atoms with Crippen molar-refractivity contribution in [1.82, 2.24) is 15.5 Å². The lowest BCUT2D eigenvalue weighted by Gasteiger charge is -2.41. The average molecular weight is 1440 g/mol. The van der Waals surface area contributed by atoms with Gasteiger partial charge in [-0.15, -0.1) is 0 Å². The third-order valence-electron chi connectivity index (χ3n) is 17.5. The number of urea groups is 1. The van der Waals surface area contributed by atoms with Gasteiger partial charge in [0.05, 0.1) is 52.7 Å². The fourth-order valence-electron chi connectivity index (χ4n) is 11.6. The summed E-state index contributed by atoms with van der Waals surface area (Å²) in [7, 11) is 4.00. The second-order valence-corrected chi connectivity index (χ2v) is 27.4. The zero-order chi connectivity index (χ0) is 69.0. The van der Waals surface area contributed by atoms with Gasteiger partial charge < -0.3 is 55.0 Å². The summed E-state index contributed by atoms with van der Waals surface area (Å²) in [6.07, 6.45) is -3.95. The number of methoxy groups -OCH3 is 1. The number of ketones is 2. The number of unbranched alkanes of at least 4 members (excludes halogenated alkanes) is 1. The van der Waals surface area contributed by atoms with Crippen molar-refractivity contribution in [2.45, 2.75) is 199 Å². The van der Waals surface area contributed by atoms with Crippen molar-refractivity contribution < 1.29 is 85.1 Å². The summed E-state index contributed by atoms with van der Waals surface area (Å²) in [6, 6.07) is 2.53. The number of hydrogen-bond acceptors (Lipinski definition) is 15. The molecule has 0 aromatic heterocycles. The van der Waals surface area contributed by atoms with Gasteiger partial charge in [-0.2, -0.15) is 13.2 Å². The molecule has 2 saturated heterocycles. The highest BCUT2D eigenvalue weighted by atomic mass is 79.9. The number of amides is 5. The lowest BCUT2D eigenvalue weighted by Crippen LogP contribution is -2.53. The number of likely N-dealkylation sites (N-methyl/N-ethyl adjacent to an activating group) is 1. The molecule has 26 heteroatoms. The van der Waals surface area contributed by atoms with Crippen LogP contribution >= 0.6 is 43.5 Å². The molecule has 5 amide bonds. The second kappa shape index (κ2) is 33.1. The van der Waals surface area contributed by atoms with Crippen molar-refractivity contribution in [2.24, 2.45) is 29.4 Å². The number of nitrogens with two attached hydrogens (primary N) is 1. The molecule has 92 heavy (non-hydrogen) atoms. The first-order valence-corrected chi connectivity index (χ1v) is 33.4. The van der Waals surface area contributed by atoms with Crippen LogP contribution < -0.4 is 21.3 Å². The smallest absolute Gasteiger partial charge is 0.417 e. The minimum Gasteiger partial charge on any atom is -0.462 e. The molecule has 0 aliphatic carbocycles. The van der Waals surface area contributed by atoms with Crippen LogP contribution in [0.15, 0.2) is 54.1 Å². The molecule has 2 fully saturated rings. The van der Waals surface area contributed by atoms with Gasteiger partial charge >= 0.3 is 30.1 Å². The molecular weight excluding hydrogens is 1360 g/mol. The largest absolute Gasteiger partial charge is 0.462 e. The van der Waals surface area contributed by atoms with E-state index in [0.29, 0.717) is 53.7 Å². The topological polar surface area (TPSA) is 280 Å². The molecule has 20 nitrogen and oxygen atoms in total. The van der Waals surface area contributed by atoms with E-state index < -0.39 is 137 Å². The average Bonchev–Trinajstić information content (AvgIpc) is 1.63. The molecule has 3 heterocycles. The van der Waals surface area contributed by atoms with Crippen LogP contribution in [0.4, 0.5) is 23.7 Å². The molecule has 5 rings (SSSR count).